The maximum absolute atomic E-state index is 10.0. The normalized spacial score (nSPS) is 26.8. The lowest BCUT2D eigenvalue weighted by Gasteiger charge is -2.34. The van der Waals surface area contributed by atoms with Crippen molar-refractivity contribution in [3.63, 3.8) is 0 Å². The van der Waals surface area contributed by atoms with E-state index in [0.29, 0.717) is 11.5 Å². The van der Waals surface area contributed by atoms with E-state index in [1.165, 1.54) is 18.0 Å². The molecule has 0 saturated carbocycles. The lowest BCUT2D eigenvalue weighted by molar-refractivity contribution is -0.0786. The van der Waals surface area contributed by atoms with Gasteiger partial charge in [0.25, 0.3) is 0 Å². The molecule has 1 aliphatic rings. The number of hydrogen-bond acceptors (Lipinski definition) is 8. The van der Waals surface area contributed by atoms with Crippen molar-refractivity contribution in [2.24, 2.45) is 0 Å². The third-order valence-corrected chi connectivity index (χ3v) is 4.94. The van der Waals surface area contributed by atoms with Crippen LogP contribution in [0.3, 0.4) is 0 Å². The second kappa shape index (κ2) is 7.35. The van der Waals surface area contributed by atoms with Gasteiger partial charge >= 0.3 is 0 Å². The minimum Gasteiger partial charge on any atom is -0.495 e. The van der Waals surface area contributed by atoms with Gasteiger partial charge in [-0.05, 0) is 12.1 Å². The van der Waals surface area contributed by atoms with E-state index in [4.69, 9.17) is 9.47 Å². The van der Waals surface area contributed by atoms with E-state index in [2.05, 4.69) is 9.97 Å². The minimum absolute atomic E-state index is 0.288. The molecule has 8 heteroatoms. The SMILES string of the molecule is COc1cncc(-c2cncc(O[C@@H]3SC[C@@H](O)[C@H](O)[C@H]3O)c2)c1. The van der Waals surface area contributed by atoms with Gasteiger partial charge in [-0.15, -0.1) is 11.8 Å². The third kappa shape index (κ3) is 3.62. The summed E-state index contributed by atoms with van der Waals surface area (Å²) in [6.45, 7) is 0. The fraction of sp³-hybridized carbons (Fsp3) is 0.375. The predicted molar refractivity (Wildman–Crippen MR) is 88.9 cm³/mol. The van der Waals surface area contributed by atoms with Crippen LogP contribution < -0.4 is 9.47 Å². The molecule has 2 aromatic heterocycles. The highest BCUT2D eigenvalue weighted by atomic mass is 32.2. The third-order valence-electron chi connectivity index (χ3n) is 3.70. The molecule has 4 atom stereocenters. The van der Waals surface area contributed by atoms with Crippen molar-refractivity contribution in [3.8, 4) is 22.6 Å². The molecule has 1 fully saturated rings. The molecule has 3 rings (SSSR count). The van der Waals surface area contributed by atoms with E-state index in [1.807, 2.05) is 6.07 Å². The molecule has 2 aromatic rings. The van der Waals surface area contributed by atoms with E-state index < -0.39 is 23.7 Å². The second-order valence-corrected chi connectivity index (χ2v) is 6.52. The number of hydrogen-bond donors (Lipinski definition) is 3. The molecule has 0 aromatic carbocycles. The van der Waals surface area contributed by atoms with Crippen LogP contribution in [0.5, 0.6) is 11.5 Å². The molecule has 0 bridgehead atoms. The van der Waals surface area contributed by atoms with E-state index in [9.17, 15) is 15.3 Å². The van der Waals surface area contributed by atoms with Gasteiger partial charge in [-0.3, -0.25) is 9.97 Å². The molecule has 7 nitrogen and oxygen atoms in total. The molecule has 24 heavy (non-hydrogen) atoms. The van der Waals surface area contributed by atoms with Gasteiger partial charge in [0.15, 0.2) is 5.44 Å². The fourth-order valence-electron chi connectivity index (χ4n) is 2.35. The molecule has 1 aliphatic heterocycles. The first-order valence-corrected chi connectivity index (χ1v) is 8.40. The fourth-order valence-corrected chi connectivity index (χ4v) is 3.47. The first kappa shape index (κ1) is 17.0. The average molecular weight is 350 g/mol. The van der Waals surface area contributed by atoms with E-state index >= 15 is 0 Å². The second-order valence-electron chi connectivity index (χ2n) is 5.39. The largest absolute Gasteiger partial charge is 0.495 e. The van der Waals surface area contributed by atoms with Crippen molar-refractivity contribution in [1.82, 2.24) is 9.97 Å². The van der Waals surface area contributed by atoms with Crippen molar-refractivity contribution in [3.05, 3.63) is 36.9 Å². The number of nitrogens with zero attached hydrogens (tertiary/aromatic N) is 2. The average Bonchev–Trinajstić information content (AvgIpc) is 2.62. The van der Waals surface area contributed by atoms with Gasteiger partial charge in [0.05, 0.1) is 25.6 Å². The van der Waals surface area contributed by atoms with E-state index in [-0.39, 0.29) is 5.75 Å². The number of pyridine rings is 2. The highest BCUT2D eigenvalue weighted by molar-refractivity contribution is 7.99. The molecular weight excluding hydrogens is 332 g/mol. The van der Waals surface area contributed by atoms with Gasteiger partial charge < -0.3 is 24.8 Å². The molecule has 3 heterocycles. The van der Waals surface area contributed by atoms with Crippen molar-refractivity contribution in [2.75, 3.05) is 12.9 Å². The van der Waals surface area contributed by atoms with Gasteiger partial charge in [-0.2, -0.15) is 0 Å². The molecule has 128 valence electrons. The van der Waals surface area contributed by atoms with Crippen molar-refractivity contribution in [1.29, 1.82) is 0 Å². The summed E-state index contributed by atoms with van der Waals surface area (Å²) in [5.41, 5.74) is 0.929. The lowest BCUT2D eigenvalue weighted by atomic mass is 10.1. The number of thioether (sulfide) groups is 1. The number of rotatable bonds is 4. The zero-order valence-electron chi connectivity index (χ0n) is 12.9. The van der Waals surface area contributed by atoms with Crippen LogP contribution in [-0.2, 0) is 0 Å². The summed E-state index contributed by atoms with van der Waals surface area (Å²) in [7, 11) is 1.57. The number of aliphatic hydroxyl groups excluding tert-OH is 3. The lowest BCUT2D eigenvalue weighted by Crippen LogP contribution is -2.50. The molecule has 0 radical (unpaired) electrons. The molecule has 0 amide bonds. The molecular formula is C16H18N2O5S. The molecule has 0 unspecified atom stereocenters. The Morgan fingerprint density at radius 1 is 0.958 bits per heavy atom. The highest BCUT2D eigenvalue weighted by Gasteiger charge is 2.38. The zero-order chi connectivity index (χ0) is 17.1. The Hall–Kier alpha value is -1.87. The topological polar surface area (TPSA) is 105 Å². The van der Waals surface area contributed by atoms with Gasteiger partial charge in [-0.25, -0.2) is 0 Å². The van der Waals surface area contributed by atoms with Crippen molar-refractivity contribution >= 4 is 11.8 Å². The Kier molecular flexibility index (Phi) is 5.20. The first-order chi connectivity index (χ1) is 11.6. The quantitative estimate of drug-likeness (QED) is 0.740. The molecule has 0 spiro atoms. The summed E-state index contributed by atoms with van der Waals surface area (Å²) in [5, 5.41) is 29.3. The first-order valence-electron chi connectivity index (χ1n) is 7.35. The van der Waals surface area contributed by atoms with Gasteiger partial charge in [-0.1, -0.05) is 0 Å². The molecule has 3 N–H and O–H groups in total. The number of ether oxygens (including phenoxy) is 2. The maximum atomic E-state index is 10.0. The van der Waals surface area contributed by atoms with Crippen LogP contribution in [0.1, 0.15) is 0 Å². The van der Waals surface area contributed by atoms with E-state index in [0.717, 1.165) is 11.1 Å². The van der Waals surface area contributed by atoms with Gasteiger partial charge in [0, 0.05) is 29.3 Å². The highest BCUT2D eigenvalue weighted by Crippen LogP contribution is 2.31. The van der Waals surface area contributed by atoms with Crippen LogP contribution >= 0.6 is 11.8 Å². The van der Waals surface area contributed by atoms with Crippen molar-refractivity contribution in [2.45, 2.75) is 23.7 Å². The smallest absolute Gasteiger partial charge is 0.173 e. The van der Waals surface area contributed by atoms with Crippen LogP contribution in [0, 0.1) is 0 Å². The predicted octanol–water partition coefficient (Wildman–Crippen LogP) is 0.687. The Morgan fingerprint density at radius 3 is 2.25 bits per heavy atom. The van der Waals surface area contributed by atoms with Crippen LogP contribution in [0.2, 0.25) is 0 Å². The summed E-state index contributed by atoms with van der Waals surface area (Å²) < 4.78 is 10.9. The monoisotopic (exact) mass is 350 g/mol. The standard InChI is InChI=1S/C16H18N2O5S/c1-22-11-2-9(4-17-6-11)10-3-12(7-18-5-10)23-16-15(21)14(20)13(19)8-24-16/h2-7,13-16,19-21H,8H2,1H3/t13-,14+,15-,16-/m1/s1. The van der Waals surface area contributed by atoms with E-state index in [1.54, 1.807) is 31.8 Å². The van der Waals surface area contributed by atoms with Crippen LogP contribution in [0.15, 0.2) is 36.9 Å². The summed E-state index contributed by atoms with van der Waals surface area (Å²) in [4.78, 5) is 8.25. The van der Waals surface area contributed by atoms with Gasteiger partial charge in [0.2, 0.25) is 0 Å². The number of aromatic nitrogens is 2. The van der Waals surface area contributed by atoms with Crippen LogP contribution in [0.25, 0.3) is 11.1 Å². The summed E-state index contributed by atoms with van der Waals surface area (Å²) in [5.74, 6) is 1.38. The summed E-state index contributed by atoms with van der Waals surface area (Å²) in [6, 6.07) is 3.60. The molecule has 0 aliphatic carbocycles. The Morgan fingerprint density at radius 2 is 1.58 bits per heavy atom. The maximum Gasteiger partial charge on any atom is 0.173 e. The van der Waals surface area contributed by atoms with Crippen LogP contribution in [-0.4, -0.2) is 61.9 Å². The Labute approximate surface area is 143 Å². The number of aliphatic hydroxyl groups is 3. The molecule has 1 saturated heterocycles. The van der Waals surface area contributed by atoms with Crippen LogP contribution in [0.4, 0.5) is 0 Å². The number of methoxy groups -OCH3 is 1. The zero-order valence-corrected chi connectivity index (χ0v) is 13.8. The van der Waals surface area contributed by atoms with Crippen molar-refractivity contribution < 1.29 is 24.8 Å². The Balaban J connectivity index is 1.78. The van der Waals surface area contributed by atoms with Gasteiger partial charge in [0.1, 0.15) is 23.7 Å². The summed E-state index contributed by atoms with van der Waals surface area (Å²) >= 11 is 1.24. The Bertz CT molecular complexity index is 702. The summed E-state index contributed by atoms with van der Waals surface area (Å²) in [6.07, 6.45) is 3.13. The minimum atomic E-state index is -1.23.